The molecule has 0 unspecified atom stereocenters. The van der Waals surface area contributed by atoms with Crippen LogP contribution in [0.5, 0.6) is 17.2 Å². The number of nitrogens with zero attached hydrogens (tertiary/aromatic N) is 2. The molecule has 0 aliphatic carbocycles. The molecule has 1 aliphatic heterocycles. The zero-order valence-electron chi connectivity index (χ0n) is 20.6. The average Bonchev–Trinajstić information content (AvgIpc) is 2.88. The Bertz CT molecular complexity index is 1180. The van der Waals surface area contributed by atoms with Crippen LogP contribution in [0.1, 0.15) is 43.6 Å². The first-order valence-electron chi connectivity index (χ1n) is 12.0. The van der Waals surface area contributed by atoms with Crippen molar-refractivity contribution in [1.82, 2.24) is 0 Å². The van der Waals surface area contributed by atoms with Gasteiger partial charge in [-0.05, 0) is 58.0 Å². The highest BCUT2D eigenvalue weighted by atomic mass is 16.5. The molecule has 6 nitrogen and oxygen atoms in total. The molecule has 6 heteroatoms. The predicted molar refractivity (Wildman–Crippen MR) is 140 cm³/mol. The molecule has 0 atom stereocenters. The molecule has 0 saturated carbocycles. The Morgan fingerprint density at radius 3 is 2.15 bits per heavy atom. The molecule has 0 radical (unpaired) electrons. The van der Waals surface area contributed by atoms with Crippen LogP contribution in [0.4, 0.5) is 22.7 Å². The molecule has 0 bridgehead atoms. The minimum absolute atomic E-state index is 0.109. The lowest BCUT2D eigenvalue weighted by Crippen LogP contribution is -2.23. The van der Waals surface area contributed by atoms with Crippen molar-refractivity contribution in [2.45, 2.75) is 27.7 Å². The van der Waals surface area contributed by atoms with Crippen LogP contribution in [0, 0.1) is 0 Å². The number of carbonyl (C=O) groups is 1. The fraction of sp³-hybridized carbons (Fsp3) is 0.321. The van der Waals surface area contributed by atoms with Crippen LogP contribution in [0.3, 0.4) is 0 Å². The van der Waals surface area contributed by atoms with E-state index in [-0.39, 0.29) is 5.78 Å². The number of rotatable bonds is 9. The van der Waals surface area contributed by atoms with E-state index >= 15 is 0 Å². The normalized spacial score (nSPS) is 11.6. The summed E-state index contributed by atoms with van der Waals surface area (Å²) in [4.78, 5) is 18.3. The van der Waals surface area contributed by atoms with E-state index in [0.717, 1.165) is 49.0 Å². The van der Waals surface area contributed by atoms with Crippen molar-refractivity contribution >= 4 is 28.5 Å². The second-order valence-corrected chi connectivity index (χ2v) is 8.15. The molecule has 3 aromatic carbocycles. The number of anilines is 4. The van der Waals surface area contributed by atoms with Gasteiger partial charge in [0.1, 0.15) is 5.75 Å². The highest BCUT2D eigenvalue weighted by Crippen LogP contribution is 2.47. The molecule has 178 valence electrons. The van der Waals surface area contributed by atoms with Gasteiger partial charge in [-0.3, -0.25) is 4.79 Å². The standard InChI is InChI=1S/C28H33N3O3/c1-6-30(7-2)19-14-15-23-25(17-19)34-26-18-20(31(8-3)9-4)16-22(27(26)29-23)28(32)21-12-10-11-13-24(21)33-5/h10-18,29H,6-9H2,1-5H3. The van der Waals surface area contributed by atoms with Crippen molar-refractivity contribution in [1.29, 1.82) is 0 Å². The van der Waals surface area contributed by atoms with Gasteiger partial charge in [0.05, 0.1) is 29.6 Å². The Morgan fingerprint density at radius 1 is 0.824 bits per heavy atom. The van der Waals surface area contributed by atoms with Gasteiger partial charge in [0.2, 0.25) is 0 Å². The van der Waals surface area contributed by atoms with Crippen LogP contribution in [0.2, 0.25) is 0 Å². The van der Waals surface area contributed by atoms with Crippen LogP contribution >= 0.6 is 0 Å². The third-order valence-corrected chi connectivity index (χ3v) is 6.39. The lowest BCUT2D eigenvalue weighted by atomic mass is 9.98. The molecule has 0 saturated heterocycles. The third kappa shape index (κ3) is 4.28. The predicted octanol–water partition coefficient (Wildman–Crippen LogP) is 6.47. The molecule has 0 aromatic heterocycles. The van der Waals surface area contributed by atoms with Gasteiger partial charge in [-0.15, -0.1) is 0 Å². The smallest absolute Gasteiger partial charge is 0.199 e. The third-order valence-electron chi connectivity index (χ3n) is 6.39. The number of hydrogen-bond acceptors (Lipinski definition) is 6. The second kappa shape index (κ2) is 10.1. The van der Waals surface area contributed by atoms with Gasteiger partial charge in [-0.2, -0.15) is 0 Å². The fourth-order valence-electron chi connectivity index (χ4n) is 4.48. The van der Waals surface area contributed by atoms with Crippen molar-refractivity contribution < 1.29 is 14.3 Å². The van der Waals surface area contributed by atoms with Crippen LogP contribution in [-0.2, 0) is 0 Å². The van der Waals surface area contributed by atoms with Crippen LogP contribution in [-0.4, -0.2) is 39.1 Å². The lowest BCUT2D eigenvalue weighted by molar-refractivity contribution is 0.103. The summed E-state index contributed by atoms with van der Waals surface area (Å²) >= 11 is 0. The molecule has 1 N–H and O–H groups in total. The topological polar surface area (TPSA) is 54.0 Å². The van der Waals surface area contributed by atoms with E-state index in [0.29, 0.717) is 28.3 Å². The number of para-hydroxylation sites is 1. The molecular weight excluding hydrogens is 426 g/mol. The largest absolute Gasteiger partial charge is 0.496 e. The molecule has 1 aliphatic rings. The highest BCUT2D eigenvalue weighted by molar-refractivity contribution is 6.15. The summed E-state index contributed by atoms with van der Waals surface area (Å²) in [6, 6.07) is 17.4. The highest BCUT2D eigenvalue weighted by Gasteiger charge is 2.27. The molecule has 3 aromatic rings. The zero-order valence-corrected chi connectivity index (χ0v) is 20.6. The second-order valence-electron chi connectivity index (χ2n) is 8.15. The number of carbonyl (C=O) groups excluding carboxylic acids is 1. The van der Waals surface area contributed by atoms with Gasteiger partial charge in [0.15, 0.2) is 17.3 Å². The van der Waals surface area contributed by atoms with Gasteiger partial charge in [-0.1, -0.05) is 12.1 Å². The number of methoxy groups -OCH3 is 1. The van der Waals surface area contributed by atoms with E-state index in [2.05, 4.69) is 54.9 Å². The lowest BCUT2D eigenvalue weighted by Gasteiger charge is -2.29. The molecule has 0 spiro atoms. The summed E-state index contributed by atoms with van der Waals surface area (Å²) in [5, 5.41) is 3.48. The van der Waals surface area contributed by atoms with Crippen LogP contribution in [0.15, 0.2) is 54.6 Å². The minimum Gasteiger partial charge on any atom is -0.496 e. The van der Waals surface area contributed by atoms with Gasteiger partial charge < -0.3 is 24.6 Å². The van der Waals surface area contributed by atoms with E-state index in [1.807, 2.05) is 36.4 Å². The van der Waals surface area contributed by atoms with Crippen LogP contribution in [0.25, 0.3) is 0 Å². The fourth-order valence-corrected chi connectivity index (χ4v) is 4.48. The van der Waals surface area contributed by atoms with Crippen molar-refractivity contribution in [2.75, 3.05) is 48.4 Å². The molecule has 0 fully saturated rings. The van der Waals surface area contributed by atoms with Crippen molar-refractivity contribution in [3.63, 3.8) is 0 Å². The first kappa shape index (κ1) is 23.5. The molecule has 4 rings (SSSR count). The molecular formula is C28H33N3O3. The summed E-state index contributed by atoms with van der Waals surface area (Å²) in [7, 11) is 1.58. The van der Waals surface area contributed by atoms with Crippen molar-refractivity contribution in [2.24, 2.45) is 0 Å². The van der Waals surface area contributed by atoms with E-state index < -0.39 is 0 Å². The van der Waals surface area contributed by atoms with E-state index in [9.17, 15) is 4.79 Å². The summed E-state index contributed by atoms with van der Waals surface area (Å²) in [6.07, 6.45) is 0. The average molecular weight is 460 g/mol. The van der Waals surface area contributed by atoms with E-state index in [1.165, 1.54) is 0 Å². The molecule has 34 heavy (non-hydrogen) atoms. The van der Waals surface area contributed by atoms with Gasteiger partial charge in [0, 0.05) is 49.7 Å². The number of benzene rings is 3. The summed E-state index contributed by atoms with van der Waals surface area (Å²) in [5.74, 6) is 1.84. The van der Waals surface area contributed by atoms with Crippen molar-refractivity contribution in [3.8, 4) is 17.2 Å². The molecule has 1 heterocycles. The Balaban J connectivity index is 1.83. The maximum atomic E-state index is 13.8. The van der Waals surface area contributed by atoms with E-state index in [1.54, 1.807) is 13.2 Å². The first-order chi connectivity index (χ1) is 16.5. The summed E-state index contributed by atoms with van der Waals surface area (Å²) in [5.41, 5.74) is 4.66. The van der Waals surface area contributed by atoms with Gasteiger partial charge in [-0.25, -0.2) is 0 Å². The number of ether oxygens (including phenoxy) is 2. The SMILES string of the molecule is CCN(CC)c1ccc2c(c1)Oc1cc(N(CC)CC)cc(C(=O)c3ccccc3OC)c1N2. The maximum absolute atomic E-state index is 13.8. The number of fused-ring (bicyclic) bond motifs is 2. The number of ketones is 1. The Kier molecular flexibility index (Phi) is 6.96. The maximum Gasteiger partial charge on any atom is 0.199 e. The number of hydrogen-bond donors (Lipinski definition) is 1. The monoisotopic (exact) mass is 459 g/mol. The Labute approximate surface area is 202 Å². The van der Waals surface area contributed by atoms with Gasteiger partial charge in [0.25, 0.3) is 0 Å². The first-order valence-corrected chi connectivity index (χ1v) is 12.0. The summed E-state index contributed by atoms with van der Waals surface area (Å²) in [6.45, 7) is 12.0. The quantitative estimate of drug-likeness (QED) is 0.290. The Morgan fingerprint density at radius 2 is 1.47 bits per heavy atom. The Hall–Kier alpha value is -3.67. The zero-order chi connectivity index (χ0) is 24.2. The van der Waals surface area contributed by atoms with Crippen LogP contribution < -0.4 is 24.6 Å². The van der Waals surface area contributed by atoms with Gasteiger partial charge >= 0.3 is 0 Å². The van der Waals surface area contributed by atoms with Crippen molar-refractivity contribution in [3.05, 3.63) is 65.7 Å². The van der Waals surface area contributed by atoms with E-state index in [4.69, 9.17) is 9.47 Å². The minimum atomic E-state index is -0.109. The molecule has 0 amide bonds. The summed E-state index contributed by atoms with van der Waals surface area (Å²) < 4.78 is 11.9. The number of nitrogens with one attached hydrogen (secondary N) is 1.